The molecular formula is C21H23N3O4. The zero-order valence-electron chi connectivity index (χ0n) is 15.9. The van der Waals surface area contributed by atoms with Crippen LogP contribution < -0.4 is 10.6 Å². The molecule has 146 valence electrons. The quantitative estimate of drug-likeness (QED) is 0.819. The number of nitrogens with two attached hydrogens (primary N) is 1. The Morgan fingerprint density at radius 1 is 1.14 bits per heavy atom. The summed E-state index contributed by atoms with van der Waals surface area (Å²) >= 11 is 0. The number of carbonyl (C=O) groups excluding carboxylic acids is 2. The number of anilines is 1. The third kappa shape index (κ3) is 3.83. The minimum Gasteiger partial charge on any atom is -0.478 e. The van der Waals surface area contributed by atoms with Gasteiger partial charge >= 0.3 is 5.97 Å². The maximum Gasteiger partial charge on any atom is 0.335 e. The third-order valence-electron chi connectivity index (χ3n) is 5.02. The van der Waals surface area contributed by atoms with E-state index in [9.17, 15) is 19.5 Å². The summed E-state index contributed by atoms with van der Waals surface area (Å²) in [4.78, 5) is 39.8. The number of aromatic carboxylic acids is 1. The van der Waals surface area contributed by atoms with Crippen molar-refractivity contribution in [2.75, 3.05) is 25.5 Å². The number of rotatable bonds is 5. The van der Waals surface area contributed by atoms with Gasteiger partial charge in [-0.25, -0.2) is 4.79 Å². The monoisotopic (exact) mass is 381 g/mol. The van der Waals surface area contributed by atoms with Crippen molar-refractivity contribution in [3.05, 3.63) is 64.7 Å². The molecule has 7 nitrogen and oxygen atoms in total. The molecule has 0 radical (unpaired) electrons. The predicted octanol–water partition coefficient (Wildman–Crippen LogP) is 1.60. The lowest BCUT2D eigenvalue weighted by Crippen LogP contribution is -2.46. The molecule has 0 saturated heterocycles. The molecular weight excluding hydrogens is 358 g/mol. The number of fused-ring (bicyclic) bond motifs is 1. The summed E-state index contributed by atoms with van der Waals surface area (Å²) in [7, 11) is 3.88. The van der Waals surface area contributed by atoms with Gasteiger partial charge in [-0.3, -0.25) is 9.59 Å². The number of hydrogen-bond acceptors (Lipinski definition) is 4. The van der Waals surface area contributed by atoms with Crippen LogP contribution in [0.1, 0.15) is 33.1 Å². The summed E-state index contributed by atoms with van der Waals surface area (Å²) in [6, 6.07) is 11.3. The van der Waals surface area contributed by atoms with Crippen molar-refractivity contribution >= 4 is 23.5 Å². The molecule has 2 amide bonds. The number of primary amides is 1. The molecule has 7 heteroatoms. The smallest absolute Gasteiger partial charge is 0.335 e. The van der Waals surface area contributed by atoms with Gasteiger partial charge in [0.2, 0.25) is 11.8 Å². The highest BCUT2D eigenvalue weighted by Crippen LogP contribution is 2.31. The summed E-state index contributed by atoms with van der Waals surface area (Å²) < 4.78 is 0. The topological polar surface area (TPSA) is 104 Å². The van der Waals surface area contributed by atoms with Gasteiger partial charge in [0.05, 0.1) is 12.0 Å². The Kier molecular flexibility index (Phi) is 5.35. The van der Waals surface area contributed by atoms with Crippen LogP contribution in [-0.2, 0) is 22.4 Å². The minimum atomic E-state index is -1.09. The van der Waals surface area contributed by atoms with Crippen LogP contribution in [0.15, 0.2) is 42.5 Å². The van der Waals surface area contributed by atoms with Gasteiger partial charge in [0.15, 0.2) is 0 Å². The molecule has 0 bridgehead atoms. The van der Waals surface area contributed by atoms with Crippen molar-refractivity contribution in [2.45, 2.75) is 18.9 Å². The molecule has 0 saturated carbocycles. The van der Waals surface area contributed by atoms with Gasteiger partial charge < -0.3 is 20.6 Å². The van der Waals surface area contributed by atoms with E-state index in [1.54, 1.807) is 6.07 Å². The number of hydrogen-bond donors (Lipinski definition) is 2. The van der Waals surface area contributed by atoms with Gasteiger partial charge in [-0.15, -0.1) is 0 Å². The van der Waals surface area contributed by atoms with Crippen LogP contribution in [0.25, 0.3) is 0 Å². The molecule has 1 heterocycles. The van der Waals surface area contributed by atoms with E-state index in [0.717, 1.165) is 16.8 Å². The maximum atomic E-state index is 12.9. The van der Waals surface area contributed by atoms with Gasteiger partial charge in [0, 0.05) is 26.3 Å². The van der Waals surface area contributed by atoms with Crippen molar-refractivity contribution in [3.63, 3.8) is 0 Å². The Morgan fingerprint density at radius 3 is 2.39 bits per heavy atom. The maximum absolute atomic E-state index is 12.9. The average molecular weight is 381 g/mol. The number of nitrogens with zero attached hydrogens (tertiary/aromatic N) is 2. The lowest BCUT2D eigenvalue weighted by molar-refractivity contribution is -0.139. The standard InChI is InChI=1S/C21H23N3O4/c1-23(2)16-7-3-13(4-8-16)11-18(25)24-10-9-14-5-6-15(21(27)28)12-17(14)19(24)20(22)26/h3-8,12,19H,9-11H2,1-2H3,(H2,22,26)(H,27,28). The van der Waals surface area contributed by atoms with E-state index in [-0.39, 0.29) is 17.9 Å². The summed E-state index contributed by atoms with van der Waals surface area (Å²) in [5.74, 6) is -1.97. The third-order valence-corrected chi connectivity index (χ3v) is 5.02. The normalized spacial score (nSPS) is 15.6. The Morgan fingerprint density at radius 2 is 1.82 bits per heavy atom. The molecule has 0 fully saturated rings. The molecule has 1 unspecified atom stereocenters. The SMILES string of the molecule is CN(C)c1ccc(CC(=O)N2CCc3ccc(C(=O)O)cc3C2C(N)=O)cc1. The van der Waals surface area contributed by atoms with Crippen LogP contribution >= 0.6 is 0 Å². The zero-order chi connectivity index (χ0) is 20.4. The van der Waals surface area contributed by atoms with E-state index >= 15 is 0 Å². The van der Waals surface area contributed by atoms with E-state index in [1.807, 2.05) is 43.3 Å². The van der Waals surface area contributed by atoms with Crippen LogP contribution in [-0.4, -0.2) is 48.4 Å². The lowest BCUT2D eigenvalue weighted by Gasteiger charge is -2.35. The number of benzene rings is 2. The van der Waals surface area contributed by atoms with Crippen LogP contribution in [0.3, 0.4) is 0 Å². The first-order valence-corrected chi connectivity index (χ1v) is 8.99. The Balaban J connectivity index is 1.86. The first-order chi connectivity index (χ1) is 13.3. The molecule has 2 aromatic carbocycles. The van der Waals surface area contributed by atoms with Crippen molar-refractivity contribution in [1.29, 1.82) is 0 Å². The molecule has 28 heavy (non-hydrogen) atoms. The van der Waals surface area contributed by atoms with Crippen LogP contribution in [0.2, 0.25) is 0 Å². The fraction of sp³-hybridized carbons (Fsp3) is 0.286. The highest BCUT2D eigenvalue weighted by molar-refractivity contribution is 5.92. The van der Waals surface area contributed by atoms with Crippen LogP contribution in [0, 0.1) is 0 Å². The van der Waals surface area contributed by atoms with E-state index in [0.29, 0.717) is 18.5 Å². The van der Waals surface area contributed by atoms with Gasteiger partial charge in [-0.05, 0) is 47.4 Å². The summed E-state index contributed by atoms with van der Waals surface area (Å²) in [6.07, 6.45) is 0.690. The molecule has 3 rings (SSSR count). The first kappa shape index (κ1) is 19.4. The fourth-order valence-corrected chi connectivity index (χ4v) is 3.51. The number of carbonyl (C=O) groups is 3. The van der Waals surface area contributed by atoms with Gasteiger partial charge in [0.25, 0.3) is 0 Å². The van der Waals surface area contributed by atoms with Crippen molar-refractivity contribution in [2.24, 2.45) is 5.73 Å². The molecule has 0 spiro atoms. The predicted molar refractivity (Wildman–Crippen MR) is 105 cm³/mol. The van der Waals surface area contributed by atoms with Gasteiger partial charge in [-0.2, -0.15) is 0 Å². The number of carboxylic acids is 1. The lowest BCUT2D eigenvalue weighted by atomic mass is 9.90. The average Bonchev–Trinajstić information content (AvgIpc) is 2.66. The molecule has 0 aliphatic carbocycles. The van der Waals surface area contributed by atoms with Crippen LogP contribution in [0.4, 0.5) is 5.69 Å². The molecule has 1 aliphatic rings. The summed E-state index contributed by atoms with van der Waals surface area (Å²) in [6.45, 7) is 0.363. The second-order valence-electron chi connectivity index (χ2n) is 7.10. The Hall–Kier alpha value is -3.35. The fourth-order valence-electron chi connectivity index (χ4n) is 3.51. The molecule has 2 aromatic rings. The van der Waals surface area contributed by atoms with Crippen molar-refractivity contribution in [3.8, 4) is 0 Å². The molecule has 3 N–H and O–H groups in total. The highest BCUT2D eigenvalue weighted by atomic mass is 16.4. The minimum absolute atomic E-state index is 0.0681. The van der Waals surface area contributed by atoms with Crippen molar-refractivity contribution < 1.29 is 19.5 Å². The second-order valence-corrected chi connectivity index (χ2v) is 7.10. The number of amides is 2. The number of carboxylic acid groups (broad SMARTS) is 1. The molecule has 0 aromatic heterocycles. The van der Waals surface area contributed by atoms with E-state index in [1.165, 1.54) is 17.0 Å². The van der Waals surface area contributed by atoms with Gasteiger partial charge in [-0.1, -0.05) is 18.2 Å². The summed E-state index contributed by atoms with van der Waals surface area (Å²) in [5.41, 5.74) is 8.87. The van der Waals surface area contributed by atoms with Crippen LogP contribution in [0.5, 0.6) is 0 Å². The van der Waals surface area contributed by atoms with E-state index in [4.69, 9.17) is 5.73 Å². The molecule has 1 atom stereocenters. The second kappa shape index (κ2) is 7.72. The van der Waals surface area contributed by atoms with E-state index < -0.39 is 17.9 Å². The Bertz CT molecular complexity index is 922. The van der Waals surface area contributed by atoms with Gasteiger partial charge in [0.1, 0.15) is 6.04 Å². The van der Waals surface area contributed by atoms with Crippen molar-refractivity contribution in [1.82, 2.24) is 4.90 Å². The summed E-state index contributed by atoms with van der Waals surface area (Å²) in [5, 5.41) is 9.24. The van der Waals surface area contributed by atoms with E-state index in [2.05, 4.69) is 0 Å². The zero-order valence-corrected chi connectivity index (χ0v) is 15.9. The largest absolute Gasteiger partial charge is 0.478 e. The molecule has 1 aliphatic heterocycles. The highest BCUT2D eigenvalue weighted by Gasteiger charge is 2.35. The first-order valence-electron chi connectivity index (χ1n) is 8.99. The Labute approximate surface area is 163 Å².